The van der Waals surface area contributed by atoms with Gasteiger partial charge >= 0.3 is 0 Å². The molecule has 0 aliphatic carbocycles. The van der Waals surface area contributed by atoms with Gasteiger partial charge in [0.05, 0.1) is 6.61 Å². The predicted molar refractivity (Wildman–Crippen MR) is 105 cm³/mol. The Morgan fingerprint density at radius 3 is 2.40 bits per heavy atom. The second kappa shape index (κ2) is 10.3. The zero-order chi connectivity index (χ0) is 17.5. The van der Waals surface area contributed by atoms with E-state index in [0.717, 1.165) is 22.6 Å². The average molecular weight is 366 g/mol. The van der Waals surface area contributed by atoms with Crippen molar-refractivity contribution in [1.29, 1.82) is 0 Å². The second-order valence-electron chi connectivity index (χ2n) is 6.17. The van der Waals surface area contributed by atoms with Gasteiger partial charge in [-0.2, -0.15) is 0 Å². The summed E-state index contributed by atoms with van der Waals surface area (Å²) in [5, 5.41) is 19.6. The molecule has 1 atom stereocenters. The molecule has 2 rings (SSSR count). The van der Waals surface area contributed by atoms with Crippen molar-refractivity contribution in [2.45, 2.75) is 26.9 Å². The van der Waals surface area contributed by atoms with Crippen LogP contribution >= 0.6 is 12.4 Å². The van der Waals surface area contributed by atoms with E-state index in [1.165, 1.54) is 5.56 Å². The molecule has 25 heavy (non-hydrogen) atoms. The lowest BCUT2D eigenvalue weighted by atomic mass is 10.1. The van der Waals surface area contributed by atoms with Gasteiger partial charge in [0.15, 0.2) is 0 Å². The third-order valence-corrected chi connectivity index (χ3v) is 4.12. The van der Waals surface area contributed by atoms with Crippen molar-refractivity contribution < 1.29 is 14.9 Å². The maximum atomic E-state index is 10.4. The third kappa shape index (κ3) is 6.24. The topological polar surface area (TPSA) is 52.9 Å². The van der Waals surface area contributed by atoms with Crippen molar-refractivity contribution in [3.05, 3.63) is 59.2 Å². The summed E-state index contributed by atoms with van der Waals surface area (Å²) in [4.78, 5) is 1.96. The van der Waals surface area contributed by atoms with Crippen LogP contribution in [-0.4, -0.2) is 42.6 Å². The molecule has 2 aromatic carbocycles. The van der Waals surface area contributed by atoms with Crippen molar-refractivity contribution in [2.24, 2.45) is 0 Å². The number of rotatable bonds is 8. The van der Waals surface area contributed by atoms with Crippen LogP contribution in [0.25, 0.3) is 0 Å². The summed E-state index contributed by atoms with van der Waals surface area (Å²) in [6, 6.07) is 13.9. The quantitative estimate of drug-likeness (QED) is 0.753. The summed E-state index contributed by atoms with van der Waals surface area (Å²) in [7, 11) is 0. The number of aryl methyl sites for hydroxylation is 2. The number of aliphatic hydroxyl groups is 2. The van der Waals surface area contributed by atoms with Gasteiger partial charge in [0.25, 0.3) is 0 Å². The second-order valence-corrected chi connectivity index (χ2v) is 6.17. The fraction of sp³-hybridized carbons (Fsp3) is 0.400. The number of aliphatic hydroxyl groups excluding tert-OH is 2. The summed E-state index contributed by atoms with van der Waals surface area (Å²) in [6.45, 7) is 7.27. The Hall–Kier alpha value is -1.75. The minimum Gasteiger partial charge on any atom is -0.491 e. The first-order valence-electron chi connectivity index (χ1n) is 8.31. The van der Waals surface area contributed by atoms with Gasteiger partial charge in [-0.3, -0.25) is 0 Å². The van der Waals surface area contributed by atoms with Crippen LogP contribution in [0.3, 0.4) is 0 Å². The van der Waals surface area contributed by atoms with Gasteiger partial charge in [-0.05, 0) is 55.7 Å². The molecular weight excluding hydrogens is 338 g/mol. The molecule has 0 saturated carbocycles. The molecule has 0 radical (unpaired) electrons. The lowest BCUT2D eigenvalue weighted by Crippen LogP contribution is -2.37. The molecule has 5 heteroatoms. The first kappa shape index (κ1) is 21.3. The summed E-state index contributed by atoms with van der Waals surface area (Å²) >= 11 is 0. The summed E-state index contributed by atoms with van der Waals surface area (Å²) < 4.78 is 5.84. The van der Waals surface area contributed by atoms with Gasteiger partial charge in [-0.15, -0.1) is 12.4 Å². The molecular formula is C20H28ClNO3. The smallest absolute Gasteiger partial charge is 0.122 e. The Morgan fingerprint density at radius 2 is 1.76 bits per heavy atom. The fourth-order valence-corrected chi connectivity index (χ4v) is 2.73. The van der Waals surface area contributed by atoms with Gasteiger partial charge in [0.2, 0.25) is 0 Å². The first-order chi connectivity index (χ1) is 11.5. The standard InChI is InChI=1S/C20H27NO3.ClH/c1-15-11-16(2)17(3)20(12-15)24-14-19(23)13-21(9-10-22)18-7-5-4-6-8-18;/h4-8,11-12,19,22-23H,9-10,13-14H2,1-3H3;1H. The predicted octanol–water partition coefficient (Wildman–Crippen LogP) is 3.27. The molecule has 138 valence electrons. The van der Waals surface area contributed by atoms with E-state index in [0.29, 0.717) is 13.1 Å². The molecule has 0 heterocycles. The van der Waals surface area contributed by atoms with Crippen LogP contribution in [0.15, 0.2) is 42.5 Å². The van der Waals surface area contributed by atoms with Crippen molar-refractivity contribution in [3.63, 3.8) is 0 Å². The van der Waals surface area contributed by atoms with E-state index in [-0.39, 0.29) is 25.6 Å². The van der Waals surface area contributed by atoms with Crippen LogP contribution in [0.1, 0.15) is 16.7 Å². The largest absolute Gasteiger partial charge is 0.491 e. The molecule has 2 N–H and O–H groups in total. The number of ether oxygens (including phenoxy) is 1. The first-order valence-corrected chi connectivity index (χ1v) is 8.31. The van der Waals surface area contributed by atoms with E-state index in [2.05, 4.69) is 13.0 Å². The van der Waals surface area contributed by atoms with Crippen molar-refractivity contribution in [2.75, 3.05) is 31.2 Å². The Morgan fingerprint density at radius 1 is 1.08 bits per heavy atom. The summed E-state index contributed by atoms with van der Waals surface area (Å²) in [6.07, 6.45) is -0.642. The number of halogens is 1. The molecule has 0 aliphatic rings. The maximum Gasteiger partial charge on any atom is 0.122 e. The van der Waals surface area contributed by atoms with Gasteiger partial charge < -0.3 is 19.8 Å². The van der Waals surface area contributed by atoms with Crippen LogP contribution in [0.5, 0.6) is 5.75 Å². The summed E-state index contributed by atoms with van der Waals surface area (Å²) in [5.74, 6) is 0.819. The third-order valence-electron chi connectivity index (χ3n) is 4.12. The normalized spacial score (nSPS) is 11.6. The van der Waals surface area contributed by atoms with E-state index in [1.54, 1.807) is 0 Å². The molecule has 0 fully saturated rings. The molecule has 0 aromatic heterocycles. The zero-order valence-corrected chi connectivity index (χ0v) is 15.9. The van der Waals surface area contributed by atoms with E-state index >= 15 is 0 Å². The zero-order valence-electron chi connectivity index (χ0n) is 15.1. The molecule has 0 aliphatic heterocycles. The SMILES string of the molecule is Cc1cc(C)c(C)c(OCC(O)CN(CCO)c2ccccc2)c1.Cl. The van der Waals surface area contributed by atoms with Crippen molar-refractivity contribution in [1.82, 2.24) is 0 Å². The lowest BCUT2D eigenvalue weighted by Gasteiger charge is -2.27. The Labute approximate surface area is 156 Å². The van der Waals surface area contributed by atoms with E-state index < -0.39 is 6.10 Å². The minimum atomic E-state index is -0.642. The van der Waals surface area contributed by atoms with Crippen molar-refractivity contribution >= 4 is 18.1 Å². The van der Waals surface area contributed by atoms with Crippen LogP contribution in [0.2, 0.25) is 0 Å². The molecule has 4 nitrogen and oxygen atoms in total. The van der Waals surface area contributed by atoms with E-state index in [1.807, 2.05) is 55.1 Å². The van der Waals surface area contributed by atoms with Crippen LogP contribution in [0.4, 0.5) is 5.69 Å². The number of anilines is 1. The highest BCUT2D eigenvalue weighted by atomic mass is 35.5. The van der Waals surface area contributed by atoms with Gasteiger partial charge in [0, 0.05) is 18.8 Å². The highest BCUT2D eigenvalue weighted by Gasteiger charge is 2.14. The molecule has 2 aromatic rings. The number of para-hydroxylation sites is 1. The molecule has 1 unspecified atom stereocenters. The van der Waals surface area contributed by atoms with Gasteiger partial charge in [0.1, 0.15) is 18.5 Å². The number of benzene rings is 2. The maximum absolute atomic E-state index is 10.4. The molecule has 0 bridgehead atoms. The minimum absolute atomic E-state index is 0. The molecule has 0 amide bonds. The molecule has 0 saturated heterocycles. The highest BCUT2D eigenvalue weighted by Crippen LogP contribution is 2.23. The number of nitrogens with zero attached hydrogens (tertiary/aromatic N) is 1. The van der Waals surface area contributed by atoms with Crippen LogP contribution in [0, 0.1) is 20.8 Å². The van der Waals surface area contributed by atoms with Crippen LogP contribution < -0.4 is 9.64 Å². The number of hydrogen-bond donors (Lipinski definition) is 2. The Balaban J connectivity index is 0.00000312. The lowest BCUT2D eigenvalue weighted by molar-refractivity contribution is 0.111. The van der Waals surface area contributed by atoms with Crippen LogP contribution in [-0.2, 0) is 0 Å². The van der Waals surface area contributed by atoms with Gasteiger partial charge in [-0.25, -0.2) is 0 Å². The number of hydrogen-bond acceptors (Lipinski definition) is 4. The summed E-state index contributed by atoms with van der Waals surface area (Å²) in [5.41, 5.74) is 4.41. The highest BCUT2D eigenvalue weighted by molar-refractivity contribution is 5.85. The monoisotopic (exact) mass is 365 g/mol. The van der Waals surface area contributed by atoms with E-state index in [9.17, 15) is 10.2 Å². The average Bonchev–Trinajstić information content (AvgIpc) is 2.57. The Kier molecular flexibility index (Phi) is 8.76. The van der Waals surface area contributed by atoms with Gasteiger partial charge in [-0.1, -0.05) is 24.3 Å². The van der Waals surface area contributed by atoms with Crippen molar-refractivity contribution in [3.8, 4) is 5.75 Å². The Bertz CT molecular complexity index is 649. The molecule has 0 spiro atoms. The van der Waals surface area contributed by atoms with E-state index in [4.69, 9.17) is 4.74 Å². The fourth-order valence-electron chi connectivity index (χ4n) is 2.73.